The molecule has 2 heteroatoms. The van der Waals surface area contributed by atoms with Crippen LogP contribution in [0.15, 0.2) is 30.5 Å². The normalized spacial score (nSPS) is 10.2. The van der Waals surface area contributed by atoms with Crippen molar-refractivity contribution in [2.45, 2.75) is 6.92 Å². The van der Waals surface area contributed by atoms with Crippen LogP contribution in [0.4, 0.5) is 0 Å². The van der Waals surface area contributed by atoms with Crippen LogP contribution in [0, 0.1) is 6.92 Å². The molecular weight excluding hydrogens is 162 g/mol. The molecule has 2 aromatic rings. The maximum absolute atomic E-state index is 10.8. The van der Waals surface area contributed by atoms with Gasteiger partial charge in [0.2, 0.25) is 0 Å². The quantitative estimate of drug-likeness (QED) is 0.616. The van der Waals surface area contributed by atoms with E-state index in [0.717, 1.165) is 22.8 Å². The van der Waals surface area contributed by atoms with Crippen molar-refractivity contribution >= 4 is 17.2 Å². The van der Waals surface area contributed by atoms with Gasteiger partial charge in [0.1, 0.15) is 0 Å². The summed E-state index contributed by atoms with van der Waals surface area (Å²) in [5, 5.41) is 1.01. The van der Waals surface area contributed by atoms with E-state index in [1.807, 2.05) is 31.2 Å². The van der Waals surface area contributed by atoms with E-state index in [1.165, 1.54) is 0 Å². The van der Waals surface area contributed by atoms with Gasteiger partial charge in [-0.2, -0.15) is 0 Å². The van der Waals surface area contributed by atoms with Crippen molar-refractivity contribution < 1.29 is 4.79 Å². The van der Waals surface area contributed by atoms with E-state index in [0.29, 0.717) is 5.56 Å². The summed E-state index contributed by atoms with van der Waals surface area (Å²) in [6, 6.07) is 7.74. The lowest BCUT2D eigenvalue weighted by Gasteiger charge is -2.02. The number of aromatic nitrogens is 1. The maximum atomic E-state index is 10.8. The van der Waals surface area contributed by atoms with Crippen LogP contribution in [0.25, 0.3) is 10.9 Å². The van der Waals surface area contributed by atoms with Crippen molar-refractivity contribution in [3.63, 3.8) is 0 Å². The first-order chi connectivity index (χ1) is 6.33. The third kappa shape index (κ3) is 1.20. The minimum atomic E-state index is 0.693. The van der Waals surface area contributed by atoms with Crippen LogP contribution in [0.3, 0.4) is 0 Å². The van der Waals surface area contributed by atoms with Gasteiger partial charge in [0.25, 0.3) is 0 Å². The number of nitrogens with zero attached hydrogens (tertiary/aromatic N) is 1. The van der Waals surface area contributed by atoms with Gasteiger partial charge in [-0.05, 0) is 18.6 Å². The molecule has 0 bridgehead atoms. The number of carbonyl (C=O) groups excluding carboxylic acids is 1. The van der Waals surface area contributed by atoms with Crippen LogP contribution in [0.5, 0.6) is 0 Å². The highest BCUT2D eigenvalue weighted by atomic mass is 16.1. The Balaban J connectivity index is 2.91. The van der Waals surface area contributed by atoms with Crippen molar-refractivity contribution in [1.29, 1.82) is 0 Å². The molecule has 0 aliphatic heterocycles. The molecule has 0 saturated carbocycles. The molecule has 0 aliphatic rings. The number of aryl methyl sites for hydroxylation is 1. The zero-order chi connectivity index (χ0) is 9.26. The Morgan fingerprint density at radius 3 is 2.92 bits per heavy atom. The molecular formula is C11H9NO. The van der Waals surface area contributed by atoms with Gasteiger partial charge in [-0.25, -0.2) is 0 Å². The number of benzene rings is 1. The van der Waals surface area contributed by atoms with Crippen LogP contribution in [0.1, 0.15) is 15.9 Å². The molecule has 1 aromatic heterocycles. The Morgan fingerprint density at radius 2 is 2.15 bits per heavy atom. The molecule has 0 radical (unpaired) electrons. The van der Waals surface area contributed by atoms with E-state index in [1.54, 1.807) is 6.20 Å². The second-order valence-electron chi connectivity index (χ2n) is 2.99. The predicted octanol–water partition coefficient (Wildman–Crippen LogP) is 2.36. The molecule has 1 heterocycles. The number of rotatable bonds is 1. The maximum Gasteiger partial charge on any atom is 0.152 e. The Kier molecular flexibility index (Phi) is 1.81. The summed E-state index contributed by atoms with van der Waals surface area (Å²) in [4.78, 5) is 15.0. The summed E-state index contributed by atoms with van der Waals surface area (Å²) in [7, 11) is 0. The molecule has 2 nitrogen and oxygen atoms in total. The van der Waals surface area contributed by atoms with Crippen LogP contribution in [-0.4, -0.2) is 11.3 Å². The van der Waals surface area contributed by atoms with Gasteiger partial charge in [0.05, 0.1) is 5.52 Å². The van der Waals surface area contributed by atoms with E-state index in [2.05, 4.69) is 4.98 Å². The minimum Gasteiger partial charge on any atom is -0.298 e. The summed E-state index contributed by atoms with van der Waals surface area (Å²) < 4.78 is 0. The van der Waals surface area contributed by atoms with Crippen molar-refractivity contribution in [3.05, 3.63) is 41.6 Å². The summed E-state index contributed by atoms with van der Waals surface area (Å²) in [5.74, 6) is 0. The second kappa shape index (κ2) is 2.98. The molecule has 0 spiro atoms. The Bertz CT molecular complexity index is 463. The molecule has 0 saturated heterocycles. The molecule has 0 fully saturated rings. The van der Waals surface area contributed by atoms with E-state index >= 15 is 0 Å². The lowest BCUT2D eigenvalue weighted by molar-refractivity contribution is 0.112. The largest absolute Gasteiger partial charge is 0.298 e. The lowest BCUT2D eigenvalue weighted by atomic mass is 10.1. The van der Waals surface area contributed by atoms with Gasteiger partial charge < -0.3 is 0 Å². The van der Waals surface area contributed by atoms with Crippen molar-refractivity contribution in [3.8, 4) is 0 Å². The zero-order valence-corrected chi connectivity index (χ0v) is 7.32. The number of carbonyl (C=O) groups is 1. The molecule has 0 N–H and O–H groups in total. The average molecular weight is 171 g/mol. The lowest BCUT2D eigenvalue weighted by Crippen LogP contribution is -1.90. The van der Waals surface area contributed by atoms with Gasteiger partial charge in [0, 0.05) is 17.1 Å². The average Bonchev–Trinajstić information content (AvgIpc) is 2.18. The molecule has 64 valence electrons. The summed E-state index contributed by atoms with van der Waals surface area (Å²) in [5.41, 5.74) is 2.46. The van der Waals surface area contributed by atoms with E-state index in [4.69, 9.17) is 0 Å². The van der Waals surface area contributed by atoms with Gasteiger partial charge >= 0.3 is 0 Å². The molecule has 0 atom stereocenters. The van der Waals surface area contributed by atoms with Gasteiger partial charge in [-0.15, -0.1) is 0 Å². The van der Waals surface area contributed by atoms with E-state index < -0.39 is 0 Å². The second-order valence-corrected chi connectivity index (χ2v) is 2.99. The number of hydrogen-bond acceptors (Lipinski definition) is 2. The predicted molar refractivity (Wildman–Crippen MR) is 51.9 cm³/mol. The van der Waals surface area contributed by atoms with E-state index in [-0.39, 0.29) is 0 Å². The summed E-state index contributed by atoms with van der Waals surface area (Å²) in [6.45, 7) is 1.91. The van der Waals surface area contributed by atoms with Crippen molar-refractivity contribution in [2.75, 3.05) is 0 Å². The smallest absolute Gasteiger partial charge is 0.152 e. The topological polar surface area (TPSA) is 30.0 Å². The molecule has 13 heavy (non-hydrogen) atoms. The van der Waals surface area contributed by atoms with Gasteiger partial charge in [0.15, 0.2) is 6.29 Å². The first kappa shape index (κ1) is 7.92. The first-order valence-corrected chi connectivity index (χ1v) is 4.12. The van der Waals surface area contributed by atoms with Crippen molar-refractivity contribution in [1.82, 2.24) is 4.98 Å². The molecule has 0 amide bonds. The van der Waals surface area contributed by atoms with Gasteiger partial charge in [-0.3, -0.25) is 9.78 Å². The minimum absolute atomic E-state index is 0.693. The molecule has 2 rings (SSSR count). The fourth-order valence-corrected chi connectivity index (χ4v) is 1.42. The summed E-state index contributed by atoms with van der Waals surface area (Å²) in [6.07, 6.45) is 2.57. The Labute approximate surface area is 76.2 Å². The SMILES string of the molecule is Cc1ccc2cccnc2c1C=O. The number of fused-ring (bicyclic) bond motifs is 1. The summed E-state index contributed by atoms with van der Waals surface area (Å²) >= 11 is 0. The number of pyridine rings is 1. The number of hydrogen-bond donors (Lipinski definition) is 0. The standard InChI is InChI=1S/C11H9NO/c1-8-4-5-9-3-2-6-12-11(9)10(8)7-13/h2-7H,1H3. The van der Waals surface area contributed by atoms with E-state index in [9.17, 15) is 4.79 Å². The zero-order valence-electron chi connectivity index (χ0n) is 7.32. The first-order valence-electron chi connectivity index (χ1n) is 4.12. The third-order valence-corrected chi connectivity index (χ3v) is 2.15. The molecule has 0 unspecified atom stereocenters. The highest BCUT2D eigenvalue weighted by Crippen LogP contribution is 2.17. The van der Waals surface area contributed by atoms with Crippen LogP contribution in [0.2, 0.25) is 0 Å². The fourth-order valence-electron chi connectivity index (χ4n) is 1.42. The molecule has 1 aromatic carbocycles. The Hall–Kier alpha value is -1.70. The Morgan fingerprint density at radius 1 is 1.31 bits per heavy atom. The highest BCUT2D eigenvalue weighted by molar-refractivity contribution is 5.96. The van der Waals surface area contributed by atoms with Crippen LogP contribution in [-0.2, 0) is 0 Å². The van der Waals surface area contributed by atoms with Gasteiger partial charge in [-0.1, -0.05) is 18.2 Å². The monoisotopic (exact) mass is 171 g/mol. The number of aldehydes is 1. The molecule has 0 aliphatic carbocycles. The van der Waals surface area contributed by atoms with Crippen molar-refractivity contribution in [2.24, 2.45) is 0 Å². The highest BCUT2D eigenvalue weighted by Gasteiger charge is 2.03. The van der Waals surface area contributed by atoms with Crippen LogP contribution >= 0.6 is 0 Å². The van der Waals surface area contributed by atoms with Crippen LogP contribution < -0.4 is 0 Å². The third-order valence-electron chi connectivity index (χ3n) is 2.15. The fraction of sp³-hybridized carbons (Fsp3) is 0.0909.